The summed E-state index contributed by atoms with van der Waals surface area (Å²) >= 11 is 6.26. The van der Waals surface area contributed by atoms with E-state index < -0.39 is 12.1 Å². The van der Waals surface area contributed by atoms with Gasteiger partial charge in [-0.25, -0.2) is 4.79 Å². The molecule has 28 heavy (non-hydrogen) atoms. The van der Waals surface area contributed by atoms with Gasteiger partial charge in [0.25, 0.3) is 0 Å². The molecule has 2 rings (SSSR count). The predicted octanol–water partition coefficient (Wildman–Crippen LogP) is 3.87. The molecule has 6 nitrogen and oxygen atoms in total. The van der Waals surface area contributed by atoms with Gasteiger partial charge in [-0.3, -0.25) is 4.79 Å². The van der Waals surface area contributed by atoms with Gasteiger partial charge >= 0.3 is 6.03 Å². The molecular formula is C21H27ClN4O2. The van der Waals surface area contributed by atoms with Crippen molar-refractivity contribution in [3.05, 3.63) is 59.1 Å². The van der Waals surface area contributed by atoms with Crippen LogP contribution in [0.5, 0.6) is 0 Å². The van der Waals surface area contributed by atoms with Gasteiger partial charge < -0.3 is 20.9 Å². The van der Waals surface area contributed by atoms with E-state index in [0.29, 0.717) is 17.3 Å². The van der Waals surface area contributed by atoms with E-state index >= 15 is 0 Å². The Labute approximate surface area is 171 Å². The van der Waals surface area contributed by atoms with Gasteiger partial charge in [0, 0.05) is 26.3 Å². The number of anilines is 2. The summed E-state index contributed by atoms with van der Waals surface area (Å²) in [5, 5.41) is 8.89. The second kappa shape index (κ2) is 9.99. The summed E-state index contributed by atoms with van der Waals surface area (Å²) in [6.07, 6.45) is 0. The second-order valence-corrected chi connectivity index (χ2v) is 7.49. The van der Waals surface area contributed by atoms with Crippen LogP contribution >= 0.6 is 11.6 Å². The fraction of sp³-hybridized carbons (Fsp3) is 0.333. The van der Waals surface area contributed by atoms with Crippen molar-refractivity contribution in [3.8, 4) is 0 Å². The molecule has 150 valence electrons. The second-order valence-electron chi connectivity index (χ2n) is 7.08. The molecule has 0 radical (unpaired) electrons. The maximum absolute atomic E-state index is 12.7. The lowest BCUT2D eigenvalue weighted by Crippen LogP contribution is -2.50. The first-order valence-corrected chi connectivity index (χ1v) is 9.51. The highest BCUT2D eigenvalue weighted by Crippen LogP contribution is 2.27. The SMILES string of the molecule is CC(C)C(NC(=O)NCc1ccccc1)C(=O)Nc1ccc(N(C)C)c(Cl)c1. The van der Waals surface area contributed by atoms with Gasteiger partial charge in [-0.1, -0.05) is 55.8 Å². The van der Waals surface area contributed by atoms with E-state index in [2.05, 4.69) is 16.0 Å². The number of carbonyl (C=O) groups is 2. The zero-order valence-electron chi connectivity index (χ0n) is 16.6. The first-order chi connectivity index (χ1) is 13.3. The molecule has 2 aromatic carbocycles. The van der Waals surface area contributed by atoms with Crippen molar-refractivity contribution in [1.82, 2.24) is 10.6 Å². The average Bonchev–Trinajstić information content (AvgIpc) is 2.64. The van der Waals surface area contributed by atoms with E-state index in [9.17, 15) is 9.59 Å². The van der Waals surface area contributed by atoms with Crippen LogP contribution in [0.4, 0.5) is 16.2 Å². The third-order valence-electron chi connectivity index (χ3n) is 4.23. The largest absolute Gasteiger partial charge is 0.376 e. The molecule has 1 atom stereocenters. The van der Waals surface area contributed by atoms with Crippen molar-refractivity contribution in [3.63, 3.8) is 0 Å². The quantitative estimate of drug-likeness (QED) is 0.658. The molecule has 2 aromatic rings. The van der Waals surface area contributed by atoms with Crippen LogP contribution in [-0.2, 0) is 11.3 Å². The third kappa shape index (κ3) is 6.16. The van der Waals surface area contributed by atoms with Crippen LogP contribution in [0, 0.1) is 5.92 Å². The van der Waals surface area contributed by atoms with E-state index in [0.717, 1.165) is 11.3 Å². The third-order valence-corrected chi connectivity index (χ3v) is 4.53. The fourth-order valence-corrected chi connectivity index (χ4v) is 3.02. The van der Waals surface area contributed by atoms with Crippen LogP contribution in [0.3, 0.4) is 0 Å². The van der Waals surface area contributed by atoms with Crippen LogP contribution in [0.2, 0.25) is 5.02 Å². The zero-order valence-corrected chi connectivity index (χ0v) is 17.4. The molecule has 0 saturated heterocycles. The zero-order chi connectivity index (χ0) is 20.7. The minimum absolute atomic E-state index is 0.0843. The number of urea groups is 1. The Morgan fingerprint density at radius 2 is 1.75 bits per heavy atom. The normalized spacial score (nSPS) is 11.6. The van der Waals surface area contributed by atoms with Gasteiger partial charge in [0.05, 0.1) is 10.7 Å². The highest BCUT2D eigenvalue weighted by atomic mass is 35.5. The maximum atomic E-state index is 12.7. The molecular weight excluding hydrogens is 376 g/mol. The summed E-state index contributed by atoms with van der Waals surface area (Å²) in [6.45, 7) is 4.15. The van der Waals surface area contributed by atoms with Crippen molar-refractivity contribution < 1.29 is 9.59 Å². The molecule has 0 bridgehead atoms. The number of nitrogens with one attached hydrogen (secondary N) is 3. The molecule has 0 aliphatic rings. The van der Waals surface area contributed by atoms with E-state index in [-0.39, 0.29) is 11.8 Å². The molecule has 0 fully saturated rings. The summed E-state index contributed by atoms with van der Waals surface area (Å²) < 4.78 is 0. The number of nitrogens with zero attached hydrogens (tertiary/aromatic N) is 1. The number of halogens is 1. The number of rotatable bonds is 7. The summed E-state index contributed by atoms with van der Waals surface area (Å²) in [6, 6.07) is 13.8. The lowest BCUT2D eigenvalue weighted by Gasteiger charge is -2.22. The number of hydrogen-bond donors (Lipinski definition) is 3. The van der Waals surface area contributed by atoms with Crippen LogP contribution in [0.25, 0.3) is 0 Å². The molecule has 7 heteroatoms. The minimum Gasteiger partial charge on any atom is -0.376 e. The average molecular weight is 403 g/mol. The molecule has 3 N–H and O–H groups in total. The first kappa shape index (κ1) is 21.6. The lowest BCUT2D eigenvalue weighted by molar-refractivity contribution is -0.118. The van der Waals surface area contributed by atoms with E-state index in [1.54, 1.807) is 12.1 Å². The van der Waals surface area contributed by atoms with Gasteiger partial charge in [-0.05, 0) is 29.7 Å². The molecule has 0 spiro atoms. The van der Waals surface area contributed by atoms with Crippen molar-refractivity contribution in [2.24, 2.45) is 5.92 Å². The highest BCUT2D eigenvalue weighted by molar-refractivity contribution is 6.33. The monoisotopic (exact) mass is 402 g/mol. The smallest absolute Gasteiger partial charge is 0.315 e. The summed E-state index contributed by atoms with van der Waals surface area (Å²) in [5.41, 5.74) is 2.43. The van der Waals surface area contributed by atoms with Crippen LogP contribution in [0.15, 0.2) is 48.5 Å². The van der Waals surface area contributed by atoms with Gasteiger partial charge in [-0.15, -0.1) is 0 Å². The van der Waals surface area contributed by atoms with Gasteiger partial charge in [0.15, 0.2) is 0 Å². The summed E-state index contributed by atoms with van der Waals surface area (Å²) in [4.78, 5) is 26.8. The fourth-order valence-electron chi connectivity index (χ4n) is 2.67. The van der Waals surface area contributed by atoms with Crippen molar-refractivity contribution in [2.75, 3.05) is 24.3 Å². The Hall–Kier alpha value is -2.73. The Morgan fingerprint density at radius 3 is 2.32 bits per heavy atom. The number of hydrogen-bond acceptors (Lipinski definition) is 3. The van der Waals surface area contributed by atoms with Crippen molar-refractivity contribution in [1.29, 1.82) is 0 Å². The summed E-state index contributed by atoms with van der Waals surface area (Å²) in [5.74, 6) is -0.377. The maximum Gasteiger partial charge on any atom is 0.315 e. The number of amides is 3. The van der Waals surface area contributed by atoms with Gasteiger partial charge in [-0.2, -0.15) is 0 Å². The molecule has 1 unspecified atom stereocenters. The van der Waals surface area contributed by atoms with Crippen LogP contribution < -0.4 is 20.9 Å². The Balaban J connectivity index is 1.97. The molecule has 0 saturated carbocycles. The summed E-state index contributed by atoms with van der Waals surface area (Å²) in [7, 11) is 3.79. The highest BCUT2D eigenvalue weighted by Gasteiger charge is 2.24. The predicted molar refractivity (Wildman–Crippen MR) is 115 cm³/mol. The van der Waals surface area contributed by atoms with Crippen molar-refractivity contribution >= 4 is 34.9 Å². The molecule has 0 aliphatic carbocycles. The Morgan fingerprint density at radius 1 is 1.07 bits per heavy atom. The minimum atomic E-state index is -0.678. The van der Waals surface area contributed by atoms with Gasteiger partial charge in [0.2, 0.25) is 5.91 Å². The van der Waals surface area contributed by atoms with Gasteiger partial charge in [0.1, 0.15) is 6.04 Å². The van der Waals surface area contributed by atoms with Crippen molar-refractivity contribution in [2.45, 2.75) is 26.4 Å². The number of benzene rings is 2. The lowest BCUT2D eigenvalue weighted by atomic mass is 10.0. The van der Waals surface area contributed by atoms with E-state index in [1.807, 2.05) is 69.2 Å². The molecule has 0 heterocycles. The number of carbonyl (C=O) groups excluding carboxylic acids is 2. The standard InChI is InChI=1S/C21H27ClN4O2/c1-14(2)19(25-21(28)23-13-15-8-6-5-7-9-15)20(27)24-16-10-11-18(26(3)4)17(22)12-16/h5-12,14,19H,13H2,1-4H3,(H,24,27)(H2,23,25,28). The van der Waals surface area contributed by atoms with E-state index in [1.165, 1.54) is 0 Å². The Bertz CT molecular complexity index is 809. The topological polar surface area (TPSA) is 73.5 Å². The van der Waals surface area contributed by atoms with Crippen LogP contribution in [-0.4, -0.2) is 32.1 Å². The molecule has 0 aliphatic heterocycles. The molecule has 3 amide bonds. The van der Waals surface area contributed by atoms with E-state index in [4.69, 9.17) is 11.6 Å². The first-order valence-electron chi connectivity index (χ1n) is 9.14. The molecule has 0 aromatic heterocycles. The van der Waals surface area contributed by atoms with Crippen LogP contribution in [0.1, 0.15) is 19.4 Å². The Kier molecular flexibility index (Phi) is 7.70.